The molecule has 0 spiro atoms. The molecule has 1 unspecified atom stereocenters. The van der Waals surface area contributed by atoms with E-state index in [0.717, 1.165) is 0 Å². The van der Waals surface area contributed by atoms with Crippen LogP contribution in [0.3, 0.4) is 0 Å². The number of amides is 1. The van der Waals surface area contributed by atoms with E-state index in [4.69, 9.17) is 11.6 Å². The molecule has 1 N–H and O–H groups in total. The molecule has 0 fully saturated rings. The van der Waals surface area contributed by atoms with Gasteiger partial charge in [0.1, 0.15) is 5.15 Å². The Bertz CT molecular complexity index is 565. The summed E-state index contributed by atoms with van der Waals surface area (Å²) in [5.74, 6) is 0.0569. The van der Waals surface area contributed by atoms with Crippen molar-refractivity contribution >= 4 is 17.5 Å². The first-order valence-corrected chi connectivity index (χ1v) is 6.48. The van der Waals surface area contributed by atoms with Gasteiger partial charge >= 0.3 is 0 Å². The van der Waals surface area contributed by atoms with Crippen LogP contribution in [0, 0.1) is 0 Å². The Labute approximate surface area is 117 Å². The lowest BCUT2D eigenvalue weighted by Gasteiger charge is -2.12. The lowest BCUT2D eigenvalue weighted by atomic mass is 10.0. The average Bonchev–Trinajstić information content (AvgIpc) is 2.77. The largest absolute Gasteiger partial charge is 0.351 e. The molecule has 1 aromatic heterocycles. The predicted molar refractivity (Wildman–Crippen MR) is 75.4 cm³/mol. The fourth-order valence-electron chi connectivity index (χ4n) is 1.82. The molecule has 2 rings (SSSR count). The van der Waals surface area contributed by atoms with Gasteiger partial charge in [-0.1, -0.05) is 48.9 Å². The van der Waals surface area contributed by atoms with Crippen molar-refractivity contribution in [3.63, 3.8) is 0 Å². The Kier molecular flexibility index (Phi) is 4.22. The maximum absolute atomic E-state index is 12.0. The van der Waals surface area contributed by atoms with Crippen molar-refractivity contribution in [2.45, 2.75) is 12.8 Å². The summed E-state index contributed by atoms with van der Waals surface area (Å²) in [6.07, 6.45) is 1.48. The lowest BCUT2D eigenvalue weighted by molar-refractivity contribution is 0.0951. The van der Waals surface area contributed by atoms with Crippen molar-refractivity contribution < 1.29 is 4.79 Å². The normalized spacial score (nSPS) is 12.2. The molecule has 0 saturated heterocycles. The molecule has 0 bridgehead atoms. The van der Waals surface area contributed by atoms with E-state index in [1.807, 2.05) is 30.3 Å². The van der Waals surface area contributed by atoms with E-state index >= 15 is 0 Å². The van der Waals surface area contributed by atoms with Crippen molar-refractivity contribution in [2.24, 2.45) is 7.05 Å². The van der Waals surface area contributed by atoms with Crippen LogP contribution >= 0.6 is 11.6 Å². The Morgan fingerprint density at radius 2 is 2.11 bits per heavy atom. The summed E-state index contributed by atoms with van der Waals surface area (Å²) in [7, 11) is 1.70. The Balaban J connectivity index is 1.96. The van der Waals surface area contributed by atoms with Gasteiger partial charge in [-0.25, -0.2) is 0 Å². The zero-order chi connectivity index (χ0) is 13.8. The van der Waals surface area contributed by atoms with Crippen molar-refractivity contribution in [3.05, 3.63) is 52.8 Å². The summed E-state index contributed by atoms with van der Waals surface area (Å²) in [4.78, 5) is 12.0. The van der Waals surface area contributed by atoms with Gasteiger partial charge in [-0.15, -0.1) is 0 Å². The molecule has 1 aromatic carbocycles. The third kappa shape index (κ3) is 3.15. The second-order valence-electron chi connectivity index (χ2n) is 4.49. The highest BCUT2D eigenvalue weighted by Gasteiger charge is 2.15. The number of aryl methyl sites for hydroxylation is 1. The van der Waals surface area contributed by atoms with E-state index in [2.05, 4.69) is 17.3 Å². The first-order valence-electron chi connectivity index (χ1n) is 6.10. The fourth-order valence-corrected chi connectivity index (χ4v) is 1.99. The van der Waals surface area contributed by atoms with Gasteiger partial charge in [-0.3, -0.25) is 9.48 Å². The molecule has 19 heavy (non-hydrogen) atoms. The maximum atomic E-state index is 12.0. The van der Waals surface area contributed by atoms with Crippen LogP contribution < -0.4 is 5.32 Å². The molecule has 2 aromatic rings. The van der Waals surface area contributed by atoms with E-state index in [-0.39, 0.29) is 11.8 Å². The van der Waals surface area contributed by atoms with E-state index < -0.39 is 0 Å². The topological polar surface area (TPSA) is 46.9 Å². The fraction of sp³-hybridized carbons (Fsp3) is 0.286. The van der Waals surface area contributed by atoms with Gasteiger partial charge in [0.2, 0.25) is 0 Å². The van der Waals surface area contributed by atoms with Crippen LogP contribution in [0.4, 0.5) is 0 Å². The highest BCUT2D eigenvalue weighted by atomic mass is 35.5. The van der Waals surface area contributed by atoms with Crippen LogP contribution in [0.25, 0.3) is 0 Å². The lowest BCUT2D eigenvalue weighted by Crippen LogP contribution is -2.27. The quantitative estimate of drug-likeness (QED) is 0.934. The number of rotatable bonds is 4. The van der Waals surface area contributed by atoms with E-state index in [1.54, 1.807) is 7.05 Å². The number of halogens is 1. The first-order chi connectivity index (χ1) is 9.09. The van der Waals surface area contributed by atoms with Crippen molar-refractivity contribution in [2.75, 3.05) is 6.54 Å². The summed E-state index contributed by atoms with van der Waals surface area (Å²) in [6.45, 7) is 2.63. The second kappa shape index (κ2) is 5.89. The van der Waals surface area contributed by atoms with Gasteiger partial charge in [0.05, 0.1) is 11.8 Å². The van der Waals surface area contributed by atoms with Gasteiger partial charge in [0.15, 0.2) is 0 Å². The minimum absolute atomic E-state index is 0.194. The number of nitrogens with zero attached hydrogens (tertiary/aromatic N) is 2. The van der Waals surface area contributed by atoms with E-state index in [1.165, 1.54) is 16.4 Å². The third-order valence-electron chi connectivity index (χ3n) is 3.05. The minimum atomic E-state index is -0.194. The van der Waals surface area contributed by atoms with Crippen LogP contribution in [-0.4, -0.2) is 22.2 Å². The zero-order valence-corrected chi connectivity index (χ0v) is 11.7. The summed E-state index contributed by atoms with van der Waals surface area (Å²) in [5.41, 5.74) is 1.60. The highest BCUT2D eigenvalue weighted by molar-refractivity contribution is 6.32. The highest BCUT2D eigenvalue weighted by Crippen LogP contribution is 2.16. The van der Waals surface area contributed by atoms with Crippen LogP contribution in [0.15, 0.2) is 36.5 Å². The second-order valence-corrected chi connectivity index (χ2v) is 4.85. The summed E-state index contributed by atoms with van der Waals surface area (Å²) in [6, 6.07) is 10.1. The Morgan fingerprint density at radius 1 is 1.42 bits per heavy atom. The SMILES string of the molecule is CC(CNC(=O)c1cnn(C)c1Cl)c1ccccc1. The maximum Gasteiger partial charge on any atom is 0.256 e. The van der Waals surface area contributed by atoms with Gasteiger partial charge in [0.25, 0.3) is 5.91 Å². The number of hydrogen-bond acceptors (Lipinski definition) is 2. The zero-order valence-electron chi connectivity index (χ0n) is 10.9. The third-order valence-corrected chi connectivity index (χ3v) is 3.50. The molecule has 0 aliphatic heterocycles. The smallest absolute Gasteiger partial charge is 0.256 e. The van der Waals surface area contributed by atoms with Gasteiger partial charge < -0.3 is 5.32 Å². The van der Waals surface area contributed by atoms with Crippen molar-refractivity contribution in [1.29, 1.82) is 0 Å². The van der Waals surface area contributed by atoms with Crippen LogP contribution in [0.1, 0.15) is 28.8 Å². The van der Waals surface area contributed by atoms with E-state index in [0.29, 0.717) is 17.3 Å². The van der Waals surface area contributed by atoms with Crippen molar-refractivity contribution in [3.8, 4) is 0 Å². The Morgan fingerprint density at radius 3 is 2.68 bits per heavy atom. The summed E-state index contributed by atoms with van der Waals surface area (Å²) in [5, 5.41) is 7.17. The molecule has 100 valence electrons. The molecule has 0 aliphatic rings. The van der Waals surface area contributed by atoms with Crippen LogP contribution in [-0.2, 0) is 7.05 Å². The average molecular weight is 278 g/mol. The van der Waals surface area contributed by atoms with E-state index in [9.17, 15) is 4.79 Å². The first kappa shape index (κ1) is 13.6. The molecule has 0 saturated carbocycles. The van der Waals surface area contributed by atoms with Gasteiger partial charge in [-0.2, -0.15) is 5.10 Å². The molecule has 1 atom stereocenters. The van der Waals surface area contributed by atoms with Gasteiger partial charge in [0, 0.05) is 13.6 Å². The number of aromatic nitrogens is 2. The molecule has 1 heterocycles. The molecular formula is C14H16ClN3O. The van der Waals surface area contributed by atoms with Gasteiger partial charge in [-0.05, 0) is 11.5 Å². The molecule has 1 amide bonds. The number of hydrogen-bond donors (Lipinski definition) is 1. The number of nitrogens with one attached hydrogen (secondary N) is 1. The minimum Gasteiger partial charge on any atom is -0.351 e. The van der Waals surface area contributed by atoms with Crippen LogP contribution in [0.2, 0.25) is 5.15 Å². The number of carbonyl (C=O) groups excluding carboxylic acids is 1. The van der Waals surface area contributed by atoms with Crippen molar-refractivity contribution in [1.82, 2.24) is 15.1 Å². The molecular weight excluding hydrogens is 262 g/mol. The molecule has 0 radical (unpaired) electrons. The Hall–Kier alpha value is -1.81. The standard InChI is InChI=1S/C14H16ClN3O/c1-10(11-6-4-3-5-7-11)8-16-14(19)12-9-17-18(2)13(12)15/h3-7,9-10H,8H2,1-2H3,(H,16,19). The summed E-state index contributed by atoms with van der Waals surface area (Å²) < 4.78 is 1.47. The molecule has 5 heteroatoms. The number of benzene rings is 1. The molecule has 4 nitrogen and oxygen atoms in total. The molecule has 0 aliphatic carbocycles. The monoisotopic (exact) mass is 277 g/mol. The number of carbonyl (C=O) groups is 1. The van der Waals surface area contributed by atoms with Crippen LogP contribution in [0.5, 0.6) is 0 Å². The predicted octanol–water partition coefficient (Wildman–Crippen LogP) is 2.61. The summed E-state index contributed by atoms with van der Waals surface area (Å²) >= 11 is 5.98.